The van der Waals surface area contributed by atoms with Crippen molar-refractivity contribution in [2.24, 2.45) is 0 Å². The Labute approximate surface area is 183 Å². The van der Waals surface area contributed by atoms with E-state index < -0.39 is 41.2 Å². The van der Waals surface area contributed by atoms with Crippen LogP contribution in [0.1, 0.15) is 39.1 Å². The summed E-state index contributed by atoms with van der Waals surface area (Å²) in [7, 11) is 0. The van der Waals surface area contributed by atoms with E-state index in [9.17, 15) is 28.3 Å². The third-order valence-corrected chi connectivity index (χ3v) is 6.13. The highest BCUT2D eigenvalue weighted by Crippen LogP contribution is 2.39. The topological polar surface area (TPSA) is 87.2 Å². The summed E-state index contributed by atoms with van der Waals surface area (Å²) in [6.07, 6.45) is 0.339. The van der Waals surface area contributed by atoms with Crippen molar-refractivity contribution in [1.82, 2.24) is 9.80 Å². The van der Waals surface area contributed by atoms with Crippen LogP contribution in [0.5, 0.6) is 0 Å². The SMILES string of the molecule is Cc1ccccc1C(=O)N1C(C(=O)O)COC12CCN(C(=O)c1ccc(F)cc1F)CC2. The third kappa shape index (κ3) is 3.73. The first-order valence-electron chi connectivity index (χ1n) is 10.2. The Morgan fingerprint density at radius 3 is 2.34 bits per heavy atom. The van der Waals surface area contributed by atoms with Crippen molar-refractivity contribution in [1.29, 1.82) is 0 Å². The summed E-state index contributed by atoms with van der Waals surface area (Å²) in [4.78, 5) is 40.7. The quantitative estimate of drug-likeness (QED) is 0.787. The number of hydrogen-bond acceptors (Lipinski definition) is 4. The summed E-state index contributed by atoms with van der Waals surface area (Å²) in [6, 6.07) is 8.51. The number of carboxylic acids is 1. The zero-order valence-electron chi connectivity index (χ0n) is 17.4. The van der Waals surface area contributed by atoms with Crippen molar-refractivity contribution in [3.8, 4) is 0 Å². The van der Waals surface area contributed by atoms with Crippen LogP contribution in [0.3, 0.4) is 0 Å². The number of hydrogen-bond donors (Lipinski definition) is 1. The molecule has 4 rings (SSSR count). The molecule has 0 radical (unpaired) electrons. The first-order chi connectivity index (χ1) is 15.2. The van der Waals surface area contributed by atoms with Crippen molar-refractivity contribution in [3.05, 3.63) is 70.8 Å². The van der Waals surface area contributed by atoms with Crippen LogP contribution >= 0.6 is 0 Å². The van der Waals surface area contributed by atoms with E-state index >= 15 is 0 Å². The van der Waals surface area contributed by atoms with Gasteiger partial charge in [-0.25, -0.2) is 13.6 Å². The molecule has 2 aromatic carbocycles. The molecule has 2 aliphatic rings. The minimum absolute atomic E-state index is 0.125. The molecule has 1 N–H and O–H groups in total. The maximum Gasteiger partial charge on any atom is 0.328 e. The Bertz CT molecular complexity index is 1080. The fraction of sp³-hybridized carbons (Fsp3) is 0.348. The number of carbonyl (C=O) groups excluding carboxylic acids is 2. The highest BCUT2D eigenvalue weighted by atomic mass is 19.1. The van der Waals surface area contributed by atoms with Crippen LogP contribution in [0, 0.1) is 18.6 Å². The fourth-order valence-electron chi connectivity index (χ4n) is 4.39. The maximum atomic E-state index is 14.1. The van der Waals surface area contributed by atoms with Gasteiger partial charge < -0.3 is 14.7 Å². The molecule has 2 fully saturated rings. The lowest BCUT2D eigenvalue weighted by Gasteiger charge is -2.44. The Kier molecular flexibility index (Phi) is 5.68. The second-order valence-corrected chi connectivity index (χ2v) is 8.02. The van der Waals surface area contributed by atoms with Gasteiger partial charge in [-0.1, -0.05) is 18.2 Å². The monoisotopic (exact) mass is 444 g/mol. The molecule has 0 saturated carbocycles. The van der Waals surface area contributed by atoms with Gasteiger partial charge in [0, 0.05) is 37.6 Å². The van der Waals surface area contributed by atoms with Crippen molar-refractivity contribution < 1.29 is 33.0 Å². The summed E-state index contributed by atoms with van der Waals surface area (Å²) < 4.78 is 33.1. The van der Waals surface area contributed by atoms with Crippen LogP contribution < -0.4 is 0 Å². The van der Waals surface area contributed by atoms with E-state index in [1.165, 1.54) is 9.80 Å². The van der Waals surface area contributed by atoms with Gasteiger partial charge in [-0.15, -0.1) is 0 Å². The molecule has 1 unspecified atom stereocenters. The molecular weight excluding hydrogens is 422 g/mol. The van der Waals surface area contributed by atoms with Gasteiger partial charge in [0.1, 0.15) is 17.4 Å². The number of halogens is 2. The number of ether oxygens (including phenoxy) is 1. The molecule has 2 aromatic rings. The second-order valence-electron chi connectivity index (χ2n) is 8.02. The van der Waals surface area contributed by atoms with Gasteiger partial charge in [0.05, 0.1) is 12.2 Å². The maximum absolute atomic E-state index is 14.1. The summed E-state index contributed by atoms with van der Waals surface area (Å²) in [5.74, 6) is -3.94. The highest BCUT2D eigenvalue weighted by Gasteiger charge is 2.54. The van der Waals surface area contributed by atoms with Crippen molar-refractivity contribution >= 4 is 17.8 Å². The predicted molar refractivity (Wildman–Crippen MR) is 109 cm³/mol. The predicted octanol–water partition coefficient (Wildman–Crippen LogP) is 2.83. The Balaban J connectivity index is 1.58. The standard InChI is InChI=1S/C23H22F2N2O5/c1-14-4-2-3-5-16(14)21(29)27-19(22(30)31)13-32-23(27)8-10-26(11-9-23)20(28)17-7-6-15(24)12-18(17)25/h2-7,12,19H,8-11,13H2,1H3,(H,30,31). The van der Waals surface area contributed by atoms with Crippen molar-refractivity contribution in [3.63, 3.8) is 0 Å². The molecule has 0 bridgehead atoms. The zero-order chi connectivity index (χ0) is 23.0. The van der Waals surface area contributed by atoms with E-state index in [0.717, 1.165) is 12.1 Å². The third-order valence-electron chi connectivity index (χ3n) is 6.13. The van der Waals surface area contributed by atoms with E-state index in [-0.39, 0.29) is 38.1 Å². The fourth-order valence-corrected chi connectivity index (χ4v) is 4.39. The number of carboxylic acid groups (broad SMARTS) is 1. The van der Waals surface area contributed by atoms with Crippen LogP contribution in [0.4, 0.5) is 8.78 Å². The van der Waals surface area contributed by atoms with Gasteiger partial charge in [-0.3, -0.25) is 14.5 Å². The van der Waals surface area contributed by atoms with E-state index in [1.807, 2.05) is 0 Å². The van der Waals surface area contributed by atoms with Crippen LogP contribution in [0.25, 0.3) is 0 Å². The number of aryl methyl sites for hydroxylation is 1. The molecule has 2 heterocycles. The molecule has 2 aliphatic heterocycles. The van der Waals surface area contributed by atoms with Gasteiger partial charge >= 0.3 is 5.97 Å². The Hall–Kier alpha value is -3.33. The van der Waals surface area contributed by atoms with Crippen molar-refractivity contribution in [2.75, 3.05) is 19.7 Å². The molecule has 2 saturated heterocycles. The molecule has 2 amide bonds. The average Bonchev–Trinajstić information content (AvgIpc) is 3.12. The molecule has 0 aromatic heterocycles. The highest BCUT2D eigenvalue weighted by molar-refractivity contribution is 5.99. The normalized spacial score (nSPS) is 19.9. The van der Waals surface area contributed by atoms with Crippen LogP contribution in [0.2, 0.25) is 0 Å². The van der Waals surface area contributed by atoms with Crippen LogP contribution in [-0.2, 0) is 9.53 Å². The average molecular weight is 444 g/mol. The van der Waals surface area contributed by atoms with Crippen LogP contribution in [0.15, 0.2) is 42.5 Å². The zero-order valence-corrected chi connectivity index (χ0v) is 17.4. The van der Waals surface area contributed by atoms with E-state index in [1.54, 1.807) is 31.2 Å². The number of benzene rings is 2. The van der Waals surface area contributed by atoms with Gasteiger partial charge in [0.15, 0.2) is 6.04 Å². The largest absolute Gasteiger partial charge is 0.480 e. The Morgan fingerprint density at radius 1 is 1.03 bits per heavy atom. The molecule has 32 heavy (non-hydrogen) atoms. The summed E-state index contributed by atoms with van der Waals surface area (Å²) in [6.45, 7) is 1.86. The smallest absolute Gasteiger partial charge is 0.328 e. The summed E-state index contributed by atoms with van der Waals surface area (Å²) >= 11 is 0. The van der Waals surface area contributed by atoms with Crippen LogP contribution in [-0.4, -0.2) is 64.2 Å². The molecular formula is C23H22F2N2O5. The molecule has 1 spiro atoms. The number of likely N-dealkylation sites (tertiary alicyclic amines) is 1. The van der Waals surface area contributed by atoms with E-state index in [2.05, 4.69) is 0 Å². The van der Waals surface area contributed by atoms with Crippen molar-refractivity contribution in [2.45, 2.75) is 31.5 Å². The molecule has 7 nitrogen and oxygen atoms in total. The van der Waals surface area contributed by atoms with E-state index in [4.69, 9.17) is 4.74 Å². The first-order valence-corrected chi connectivity index (χ1v) is 10.2. The van der Waals surface area contributed by atoms with Gasteiger partial charge in [0.25, 0.3) is 11.8 Å². The Morgan fingerprint density at radius 2 is 1.72 bits per heavy atom. The lowest BCUT2D eigenvalue weighted by atomic mass is 9.95. The second kappa shape index (κ2) is 8.31. The minimum Gasteiger partial charge on any atom is -0.480 e. The first kappa shape index (κ1) is 21.9. The summed E-state index contributed by atoms with van der Waals surface area (Å²) in [5, 5.41) is 9.69. The summed E-state index contributed by atoms with van der Waals surface area (Å²) in [5.41, 5.74) is -0.329. The molecule has 168 valence electrons. The number of rotatable bonds is 3. The molecule has 0 aliphatic carbocycles. The molecule has 9 heteroatoms. The van der Waals surface area contributed by atoms with Gasteiger partial charge in [-0.05, 0) is 30.7 Å². The molecule has 1 atom stereocenters. The number of amides is 2. The number of nitrogens with zero attached hydrogens (tertiary/aromatic N) is 2. The van der Waals surface area contributed by atoms with Gasteiger partial charge in [-0.2, -0.15) is 0 Å². The lowest BCUT2D eigenvalue weighted by molar-refractivity contribution is -0.143. The number of aliphatic carboxylic acids is 1. The minimum atomic E-state index is -1.18. The van der Waals surface area contributed by atoms with E-state index in [0.29, 0.717) is 17.2 Å². The van der Waals surface area contributed by atoms with Gasteiger partial charge in [0.2, 0.25) is 0 Å². The number of carbonyl (C=O) groups is 3. The lowest BCUT2D eigenvalue weighted by Crippen LogP contribution is -2.58. The number of piperidine rings is 1.